The van der Waals surface area contributed by atoms with Crippen LogP contribution in [0.15, 0.2) is 12.4 Å². The monoisotopic (exact) mass is 539 g/mol. The van der Waals surface area contributed by atoms with Gasteiger partial charge >= 0.3 is 12.3 Å². The number of amides is 1. The normalized spacial score (nSPS) is 22.0. The highest BCUT2D eigenvalue weighted by Gasteiger charge is 2.50. The Balaban J connectivity index is 1.15. The average molecular weight is 540 g/mol. The summed E-state index contributed by atoms with van der Waals surface area (Å²) in [4.78, 5) is 28.6. The number of carbonyl (C=O) groups excluding carboxylic acids is 1. The number of alkyl halides is 3. The van der Waals surface area contributed by atoms with E-state index in [0.29, 0.717) is 16.8 Å². The third kappa shape index (κ3) is 5.82. The summed E-state index contributed by atoms with van der Waals surface area (Å²) < 4.78 is 44.3. The van der Waals surface area contributed by atoms with Crippen molar-refractivity contribution in [3.05, 3.63) is 17.3 Å². The minimum atomic E-state index is -4.23. The van der Waals surface area contributed by atoms with E-state index in [-0.39, 0.29) is 16.4 Å². The quantitative estimate of drug-likeness (QED) is 0.523. The van der Waals surface area contributed by atoms with Crippen LogP contribution in [0.1, 0.15) is 51.8 Å². The molecule has 0 N–H and O–H groups in total. The summed E-state index contributed by atoms with van der Waals surface area (Å²) >= 11 is 1.10. The lowest BCUT2D eigenvalue weighted by atomic mass is 9.76. The van der Waals surface area contributed by atoms with Crippen molar-refractivity contribution in [3.63, 3.8) is 0 Å². The summed E-state index contributed by atoms with van der Waals surface area (Å²) in [6.45, 7) is 13.2. The number of likely N-dealkylation sites (tertiary alicyclic amines) is 2. The third-order valence-electron chi connectivity index (χ3n) is 8.00. The average Bonchev–Trinajstić information content (AvgIpc) is 3.39. The number of carbonyl (C=O) groups is 1. The van der Waals surface area contributed by atoms with Gasteiger partial charge in [-0.05, 0) is 58.9 Å². The van der Waals surface area contributed by atoms with Gasteiger partial charge in [-0.15, -0.1) is 11.3 Å². The van der Waals surface area contributed by atoms with Gasteiger partial charge in [-0.25, -0.2) is 14.8 Å². The van der Waals surface area contributed by atoms with Crippen LogP contribution in [0.3, 0.4) is 0 Å². The Bertz CT molecular complexity index is 1130. The number of nitrogens with zero attached hydrogens (tertiary/aromatic N) is 5. The minimum absolute atomic E-state index is 0.202. The van der Waals surface area contributed by atoms with Gasteiger partial charge in [0.1, 0.15) is 22.6 Å². The largest absolute Gasteiger partial charge is 0.444 e. The molecule has 3 aliphatic heterocycles. The highest BCUT2D eigenvalue weighted by Crippen LogP contribution is 2.45. The molecule has 0 unspecified atom stereocenters. The fourth-order valence-corrected chi connectivity index (χ4v) is 7.12. The van der Waals surface area contributed by atoms with Crippen LogP contribution in [-0.2, 0) is 11.2 Å². The summed E-state index contributed by atoms with van der Waals surface area (Å²) in [7, 11) is 0. The van der Waals surface area contributed by atoms with Crippen molar-refractivity contribution >= 4 is 33.5 Å². The summed E-state index contributed by atoms with van der Waals surface area (Å²) in [5.74, 6) is 1.31. The van der Waals surface area contributed by atoms with Gasteiger partial charge < -0.3 is 14.5 Å². The number of fused-ring (bicyclic) bond motifs is 1. The fraction of sp³-hybridized carbons (Fsp3) is 0.731. The number of hydrogen-bond donors (Lipinski definition) is 0. The maximum Gasteiger partial charge on any atom is 0.410 e. The van der Waals surface area contributed by atoms with Crippen molar-refractivity contribution in [1.82, 2.24) is 19.8 Å². The van der Waals surface area contributed by atoms with E-state index in [9.17, 15) is 18.0 Å². The second kappa shape index (κ2) is 9.55. The van der Waals surface area contributed by atoms with Crippen molar-refractivity contribution in [2.24, 2.45) is 11.3 Å². The zero-order valence-corrected chi connectivity index (χ0v) is 22.8. The van der Waals surface area contributed by atoms with Gasteiger partial charge in [0, 0.05) is 55.6 Å². The van der Waals surface area contributed by atoms with Crippen LogP contribution in [0, 0.1) is 11.3 Å². The number of thiophene rings is 1. The zero-order valence-electron chi connectivity index (χ0n) is 22.0. The molecule has 3 aliphatic rings. The number of ether oxygens (including phenoxy) is 1. The zero-order chi connectivity index (χ0) is 26.6. The molecule has 0 aliphatic carbocycles. The van der Waals surface area contributed by atoms with Gasteiger partial charge in [-0.2, -0.15) is 13.2 Å². The van der Waals surface area contributed by atoms with Gasteiger partial charge in [0.25, 0.3) is 0 Å². The molecule has 0 saturated carbocycles. The molecule has 2 aromatic heterocycles. The minimum Gasteiger partial charge on any atom is -0.444 e. The Labute approximate surface area is 220 Å². The number of anilines is 1. The Morgan fingerprint density at radius 3 is 2.51 bits per heavy atom. The molecule has 0 aromatic carbocycles. The second-order valence-corrected chi connectivity index (χ2v) is 13.2. The predicted molar refractivity (Wildman–Crippen MR) is 138 cm³/mol. The first-order chi connectivity index (χ1) is 17.3. The number of rotatable bonds is 4. The maximum atomic E-state index is 12.9. The van der Waals surface area contributed by atoms with Crippen LogP contribution in [-0.4, -0.2) is 82.9 Å². The van der Waals surface area contributed by atoms with Gasteiger partial charge in [0.2, 0.25) is 0 Å². The van der Waals surface area contributed by atoms with E-state index in [1.807, 2.05) is 25.7 Å². The molecule has 0 bridgehead atoms. The van der Waals surface area contributed by atoms with Gasteiger partial charge in [-0.3, -0.25) is 4.90 Å². The molecule has 1 atom stereocenters. The van der Waals surface area contributed by atoms with Gasteiger partial charge in [0.15, 0.2) is 0 Å². The molecule has 5 heterocycles. The Kier molecular flexibility index (Phi) is 6.83. The molecule has 1 spiro atoms. The van der Waals surface area contributed by atoms with E-state index >= 15 is 0 Å². The van der Waals surface area contributed by atoms with E-state index in [1.165, 1.54) is 6.33 Å². The molecule has 37 heavy (non-hydrogen) atoms. The van der Waals surface area contributed by atoms with Crippen molar-refractivity contribution < 1.29 is 22.7 Å². The first kappa shape index (κ1) is 26.5. The Morgan fingerprint density at radius 1 is 1.16 bits per heavy atom. The molecule has 1 amide bonds. The molecule has 0 radical (unpaired) electrons. The highest BCUT2D eigenvalue weighted by molar-refractivity contribution is 7.18. The lowest BCUT2D eigenvalue weighted by Gasteiger charge is -2.53. The summed E-state index contributed by atoms with van der Waals surface area (Å²) in [6.07, 6.45) is -0.900. The summed E-state index contributed by atoms with van der Waals surface area (Å²) in [5.41, 5.74) is -0.276. The standard InChI is InChI=1S/C26H36F3N5O2S/c1-17(18-5-8-32(9-6-18)23(35)36-24(2,3)4)34-14-25(15-34)7-10-33(13-25)21-20-11-19(12-26(27,28)29)37-22(20)31-16-30-21/h11,16-18H,5-10,12-15H2,1-4H3/t17-/m1/s1. The summed E-state index contributed by atoms with van der Waals surface area (Å²) in [5, 5.41) is 0.727. The van der Waals surface area contributed by atoms with E-state index in [2.05, 4.69) is 26.7 Å². The molecule has 11 heteroatoms. The van der Waals surface area contributed by atoms with Crippen molar-refractivity contribution in [3.8, 4) is 0 Å². The van der Waals surface area contributed by atoms with E-state index in [4.69, 9.17) is 4.74 Å². The van der Waals surface area contributed by atoms with Gasteiger partial charge in [0.05, 0.1) is 11.8 Å². The number of halogens is 3. The molecule has 5 rings (SSSR count). The number of hydrogen-bond acceptors (Lipinski definition) is 7. The van der Waals surface area contributed by atoms with Crippen molar-refractivity contribution in [2.45, 2.75) is 71.2 Å². The molecule has 7 nitrogen and oxygen atoms in total. The SMILES string of the molecule is C[C@H](C1CCN(C(=O)OC(C)(C)C)CC1)N1CC2(CCN(c3ncnc4sc(CC(F)(F)F)cc34)C2)C1. The van der Waals surface area contributed by atoms with E-state index < -0.39 is 18.2 Å². The van der Waals surface area contributed by atoms with Gasteiger partial charge in [-0.1, -0.05) is 0 Å². The predicted octanol–water partition coefficient (Wildman–Crippen LogP) is 5.34. The van der Waals surface area contributed by atoms with Crippen LogP contribution >= 0.6 is 11.3 Å². The number of piperidine rings is 1. The molecular weight excluding hydrogens is 503 g/mol. The van der Waals surface area contributed by atoms with Crippen LogP contribution < -0.4 is 4.90 Å². The third-order valence-corrected chi connectivity index (χ3v) is 9.04. The van der Waals surface area contributed by atoms with Crippen LogP contribution in [0.4, 0.5) is 23.8 Å². The Morgan fingerprint density at radius 2 is 1.86 bits per heavy atom. The van der Waals surface area contributed by atoms with E-state index in [1.54, 1.807) is 6.07 Å². The van der Waals surface area contributed by atoms with Crippen molar-refractivity contribution in [1.29, 1.82) is 0 Å². The van der Waals surface area contributed by atoms with E-state index in [0.717, 1.165) is 81.1 Å². The molecule has 3 saturated heterocycles. The molecule has 3 fully saturated rings. The second-order valence-electron chi connectivity index (χ2n) is 12.0. The Hall–Kier alpha value is -2.14. The number of aromatic nitrogens is 2. The first-order valence-corrected chi connectivity index (χ1v) is 13.9. The van der Waals surface area contributed by atoms with Crippen LogP contribution in [0.25, 0.3) is 10.2 Å². The molecular formula is C26H36F3N5O2S. The smallest absolute Gasteiger partial charge is 0.410 e. The topological polar surface area (TPSA) is 61.8 Å². The van der Waals surface area contributed by atoms with Crippen LogP contribution in [0.2, 0.25) is 0 Å². The summed E-state index contributed by atoms with van der Waals surface area (Å²) in [6, 6.07) is 2.07. The highest BCUT2D eigenvalue weighted by atomic mass is 32.1. The molecule has 2 aromatic rings. The lowest BCUT2D eigenvalue weighted by molar-refractivity contribution is -0.126. The lowest BCUT2D eigenvalue weighted by Crippen LogP contribution is -2.62. The maximum absolute atomic E-state index is 12.9. The molecule has 204 valence electrons. The fourth-order valence-electron chi connectivity index (χ4n) is 6.10. The van der Waals surface area contributed by atoms with Crippen LogP contribution in [0.5, 0.6) is 0 Å². The van der Waals surface area contributed by atoms with Crippen molar-refractivity contribution in [2.75, 3.05) is 44.2 Å². The first-order valence-electron chi connectivity index (χ1n) is 13.1.